The zero-order valence-electron chi connectivity index (χ0n) is 7.79. The summed E-state index contributed by atoms with van der Waals surface area (Å²) >= 11 is 2.97. The first-order valence-electron chi connectivity index (χ1n) is 4.61. The summed E-state index contributed by atoms with van der Waals surface area (Å²) in [6.45, 7) is 2.11. The van der Waals surface area contributed by atoms with E-state index in [1.165, 1.54) is 6.42 Å². The Kier molecular flexibility index (Phi) is 4.19. The highest BCUT2D eigenvalue weighted by atomic mass is 79.9. The first kappa shape index (κ1) is 11.5. The summed E-state index contributed by atoms with van der Waals surface area (Å²) in [5.41, 5.74) is 0. The molecule has 3 nitrogen and oxygen atoms in total. The third kappa shape index (κ3) is 3.56. The van der Waals surface area contributed by atoms with Crippen LogP contribution < -0.4 is 4.72 Å². The Bertz CT molecular complexity index is 253. The molecule has 0 radical (unpaired) electrons. The van der Waals surface area contributed by atoms with Crippen LogP contribution in [0.2, 0.25) is 0 Å². The maximum atomic E-state index is 11.3. The third-order valence-electron chi connectivity index (χ3n) is 2.59. The molecule has 0 aromatic heterocycles. The average Bonchev–Trinajstić information content (AvgIpc) is 2.09. The van der Waals surface area contributed by atoms with Crippen LogP contribution in [0.1, 0.15) is 32.6 Å². The molecule has 1 fully saturated rings. The molecule has 1 saturated carbocycles. The van der Waals surface area contributed by atoms with E-state index >= 15 is 0 Å². The van der Waals surface area contributed by atoms with Crippen LogP contribution in [-0.4, -0.2) is 19.1 Å². The summed E-state index contributed by atoms with van der Waals surface area (Å²) in [6, 6.07) is 0.149. The highest BCUT2D eigenvalue weighted by molar-refractivity contribution is 9.10. The number of halogens is 1. The normalized spacial score (nSPS) is 30.3. The number of nitrogens with one attached hydrogen (secondary N) is 1. The molecule has 2 unspecified atom stereocenters. The number of rotatable bonds is 3. The van der Waals surface area contributed by atoms with E-state index in [-0.39, 0.29) is 10.7 Å². The van der Waals surface area contributed by atoms with E-state index in [0.29, 0.717) is 5.92 Å². The van der Waals surface area contributed by atoms with Gasteiger partial charge in [-0.25, -0.2) is 13.1 Å². The minimum Gasteiger partial charge on any atom is -0.212 e. The maximum Gasteiger partial charge on any atom is 0.221 e. The Morgan fingerprint density at radius 2 is 2.00 bits per heavy atom. The van der Waals surface area contributed by atoms with Crippen molar-refractivity contribution in [3.05, 3.63) is 0 Å². The second-order valence-electron chi connectivity index (χ2n) is 3.71. The van der Waals surface area contributed by atoms with Crippen molar-refractivity contribution in [3.8, 4) is 0 Å². The van der Waals surface area contributed by atoms with Crippen LogP contribution in [0.3, 0.4) is 0 Å². The first-order chi connectivity index (χ1) is 6.05. The number of alkyl halides is 1. The first-order valence-corrected chi connectivity index (χ1v) is 7.38. The molecule has 0 aliphatic heterocycles. The highest BCUT2D eigenvalue weighted by Crippen LogP contribution is 2.24. The lowest BCUT2D eigenvalue weighted by atomic mass is 9.87. The molecule has 1 aliphatic carbocycles. The molecule has 1 rings (SSSR count). The monoisotopic (exact) mass is 269 g/mol. The van der Waals surface area contributed by atoms with Crippen LogP contribution in [0.4, 0.5) is 0 Å². The Balaban J connectivity index is 2.52. The van der Waals surface area contributed by atoms with Gasteiger partial charge in [-0.3, -0.25) is 0 Å². The topological polar surface area (TPSA) is 46.2 Å². The summed E-state index contributed by atoms with van der Waals surface area (Å²) in [5, 5.41) is 0. The Hall–Kier alpha value is 0.390. The van der Waals surface area contributed by atoms with Gasteiger partial charge in [0.15, 0.2) is 0 Å². The summed E-state index contributed by atoms with van der Waals surface area (Å²) in [6.07, 6.45) is 4.48. The largest absolute Gasteiger partial charge is 0.221 e. The number of hydrogen-bond acceptors (Lipinski definition) is 2. The molecule has 0 aromatic carbocycles. The van der Waals surface area contributed by atoms with E-state index < -0.39 is 10.0 Å². The Morgan fingerprint density at radius 3 is 2.54 bits per heavy atom. The standard InChI is InChI=1S/C8H16BrNO2S/c1-7-4-2-3-5-8(7)10-13(11,12)6-9/h7-8,10H,2-6H2,1H3. The minimum atomic E-state index is -3.09. The van der Waals surface area contributed by atoms with Crippen molar-refractivity contribution < 1.29 is 8.42 Å². The van der Waals surface area contributed by atoms with Crippen molar-refractivity contribution in [3.63, 3.8) is 0 Å². The summed E-state index contributed by atoms with van der Waals surface area (Å²) in [4.78, 5) is 0. The second-order valence-corrected chi connectivity index (χ2v) is 6.77. The van der Waals surface area contributed by atoms with E-state index in [9.17, 15) is 8.42 Å². The summed E-state index contributed by atoms with van der Waals surface area (Å²) in [5.74, 6) is 0.475. The van der Waals surface area contributed by atoms with Gasteiger partial charge in [-0.15, -0.1) is 0 Å². The van der Waals surface area contributed by atoms with Gasteiger partial charge < -0.3 is 0 Å². The predicted octanol–water partition coefficient (Wildman–Crippen LogP) is 1.84. The average molecular weight is 270 g/mol. The number of hydrogen-bond donors (Lipinski definition) is 1. The van der Waals surface area contributed by atoms with Crippen molar-refractivity contribution in [1.82, 2.24) is 4.72 Å². The number of sulfonamides is 1. The van der Waals surface area contributed by atoms with Crippen LogP contribution in [0.15, 0.2) is 0 Å². The van der Waals surface area contributed by atoms with Crippen LogP contribution in [0, 0.1) is 5.92 Å². The molecule has 0 saturated heterocycles. The lowest BCUT2D eigenvalue weighted by molar-refractivity contribution is 0.311. The fourth-order valence-corrected chi connectivity index (χ4v) is 3.02. The lowest BCUT2D eigenvalue weighted by Gasteiger charge is -2.28. The van der Waals surface area contributed by atoms with Crippen LogP contribution >= 0.6 is 15.9 Å². The predicted molar refractivity (Wildman–Crippen MR) is 57.3 cm³/mol. The molecule has 78 valence electrons. The molecular weight excluding hydrogens is 254 g/mol. The smallest absolute Gasteiger partial charge is 0.212 e. The molecule has 1 aliphatic rings. The molecule has 0 heterocycles. The van der Waals surface area contributed by atoms with Crippen LogP contribution in [-0.2, 0) is 10.0 Å². The van der Waals surface area contributed by atoms with E-state index in [4.69, 9.17) is 0 Å². The molecule has 0 spiro atoms. The van der Waals surface area contributed by atoms with Crippen molar-refractivity contribution in [1.29, 1.82) is 0 Å². The Morgan fingerprint density at radius 1 is 1.38 bits per heavy atom. The van der Waals surface area contributed by atoms with Gasteiger partial charge in [-0.1, -0.05) is 35.7 Å². The van der Waals surface area contributed by atoms with Gasteiger partial charge in [-0.2, -0.15) is 0 Å². The quantitative estimate of drug-likeness (QED) is 0.795. The second kappa shape index (κ2) is 4.75. The van der Waals surface area contributed by atoms with E-state index in [0.717, 1.165) is 19.3 Å². The van der Waals surface area contributed by atoms with Crippen molar-refractivity contribution in [2.45, 2.75) is 38.6 Å². The van der Waals surface area contributed by atoms with Crippen molar-refractivity contribution >= 4 is 26.0 Å². The molecular formula is C8H16BrNO2S. The SMILES string of the molecule is CC1CCCCC1NS(=O)(=O)CBr. The highest BCUT2D eigenvalue weighted by Gasteiger charge is 2.24. The fourth-order valence-electron chi connectivity index (χ4n) is 1.75. The molecule has 0 amide bonds. The zero-order chi connectivity index (χ0) is 9.90. The van der Waals surface area contributed by atoms with Crippen molar-refractivity contribution in [2.75, 3.05) is 4.66 Å². The van der Waals surface area contributed by atoms with E-state index in [2.05, 4.69) is 27.6 Å². The van der Waals surface area contributed by atoms with Gasteiger partial charge in [0.05, 0.1) is 0 Å². The zero-order valence-corrected chi connectivity index (χ0v) is 10.2. The van der Waals surface area contributed by atoms with Crippen molar-refractivity contribution in [2.24, 2.45) is 5.92 Å². The maximum absolute atomic E-state index is 11.3. The van der Waals surface area contributed by atoms with Gasteiger partial charge in [0.2, 0.25) is 10.0 Å². The molecule has 0 aromatic rings. The summed E-state index contributed by atoms with van der Waals surface area (Å²) < 4.78 is 25.2. The van der Waals surface area contributed by atoms with Gasteiger partial charge in [0.1, 0.15) is 4.66 Å². The van der Waals surface area contributed by atoms with Gasteiger partial charge in [-0.05, 0) is 18.8 Å². The molecule has 13 heavy (non-hydrogen) atoms. The van der Waals surface area contributed by atoms with E-state index in [1.54, 1.807) is 0 Å². The fraction of sp³-hybridized carbons (Fsp3) is 1.00. The molecule has 1 N–H and O–H groups in total. The molecule has 5 heteroatoms. The van der Waals surface area contributed by atoms with E-state index in [1.807, 2.05) is 0 Å². The van der Waals surface area contributed by atoms with Gasteiger partial charge in [0, 0.05) is 6.04 Å². The Labute approximate surface area is 88.5 Å². The third-order valence-corrected chi connectivity index (χ3v) is 5.34. The summed E-state index contributed by atoms with van der Waals surface area (Å²) in [7, 11) is -3.09. The lowest BCUT2D eigenvalue weighted by Crippen LogP contribution is -2.41. The van der Waals surface area contributed by atoms with Crippen LogP contribution in [0.25, 0.3) is 0 Å². The van der Waals surface area contributed by atoms with Gasteiger partial charge >= 0.3 is 0 Å². The minimum absolute atomic E-state index is 0.00319. The van der Waals surface area contributed by atoms with Crippen LogP contribution in [0.5, 0.6) is 0 Å². The van der Waals surface area contributed by atoms with Gasteiger partial charge in [0.25, 0.3) is 0 Å². The molecule has 2 atom stereocenters. The molecule has 0 bridgehead atoms.